The second-order valence-electron chi connectivity index (χ2n) is 6.24. The van der Waals surface area contributed by atoms with E-state index >= 15 is 0 Å². The summed E-state index contributed by atoms with van der Waals surface area (Å²) in [7, 11) is -4.09. The van der Waals surface area contributed by atoms with Crippen molar-refractivity contribution in [2.45, 2.75) is 22.0 Å². The number of thioether (sulfide) groups is 1. The molecule has 0 spiro atoms. The van der Waals surface area contributed by atoms with Gasteiger partial charge in [-0.1, -0.05) is 60.7 Å². The van der Waals surface area contributed by atoms with Crippen LogP contribution < -0.4 is 5.14 Å². The number of hydrogen-bond donors (Lipinski definition) is 2. The van der Waals surface area contributed by atoms with E-state index in [1.165, 1.54) is 17.8 Å². The molecule has 0 saturated heterocycles. The van der Waals surface area contributed by atoms with Gasteiger partial charge in [0, 0.05) is 10.6 Å². The van der Waals surface area contributed by atoms with Gasteiger partial charge in [0.05, 0.1) is 10.5 Å². The van der Waals surface area contributed by atoms with Crippen molar-refractivity contribution in [1.82, 2.24) is 0 Å². The van der Waals surface area contributed by atoms with E-state index in [0.717, 1.165) is 17.2 Å². The second-order valence-corrected chi connectivity index (χ2v) is 8.78. The van der Waals surface area contributed by atoms with Crippen molar-refractivity contribution >= 4 is 27.8 Å². The molecule has 3 rings (SSSR count). The maximum absolute atomic E-state index is 12.2. The van der Waals surface area contributed by atoms with Crippen LogP contribution in [0.1, 0.15) is 27.0 Å². The molecule has 3 N–H and O–H groups in total. The van der Waals surface area contributed by atoms with E-state index in [0.29, 0.717) is 22.6 Å². The highest BCUT2D eigenvalue weighted by Gasteiger charge is 2.22. The highest BCUT2D eigenvalue weighted by molar-refractivity contribution is 7.98. The van der Waals surface area contributed by atoms with Crippen LogP contribution in [0.5, 0.6) is 0 Å². The van der Waals surface area contributed by atoms with Crippen LogP contribution in [-0.2, 0) is 22.2 Å². The van der Waals surface area contributed by atoms with Crippen LogP contribution in [0, 0.1) is 0 Å². The van der Waals surface area contributed by atoms with E-state index in [-0.39, 0.29) is 10.5 Å². The predicted molar refractivity (Wildman–Crippen MR) is 110 cm³/mol. The minimum atomic E-state index is -4.09. The maximum atomic E-state index is 12.2. The zero-order valence-electron chi connectivity index (χ0n) is 14.9. The third-order valence-electron chi connectivity index (χ3n) is 4.18. The number of nitrogens with two attached hydrogens (primary N) is 1. The lowest BCUT2D eigenvalue weighted by Gasteiger charge is -2.15. The first-order valence-electron chi connectivity index (χ1n) is 8.48. The van der Waals surface area contributed by atoms with Gasteiger partial charge in [-0.05, 0) is 35.2 Å². The fourth-order valence-corrected chi connectivity index (χ4v) is 4.80. The molecule has 144 valence electrons. The molecule has 0 aliphatic carbocycles. The van der Waals surface area contributed by atoms with E-state index in [4.69, 9.17) is 5.14 Å². The molecule has 3 aromatic rings. The normalized spacial score (nSPS) is 11.3. The van der Waals surface area contributed by atoms with Crippen LogP contribution in [0.3, 0.4) is 0 Å². The highest BCUT2D eigenvalue weighted by atomic mass is 32.2. The number of carbonyl (C=O) groups is 1. The van der Waals surface area contributed by atoms with Crippen molar-refractivity contribution in [1.29, 1.82) is 0 Å². The van der Waals surface area contributed by atoms with Gasteiger partial charge in [-0.25, -0.2) is 18.4 Å². The summed E-state index contributed by atoms with van der Waals surface area (Å²) in [6.45, 7) is 0. The molecular weight excluding hydrogens is 394 g/mol. The second kappa shape index (κ2) is 8.60. The van der Waals surface area contributed by atoms with Gasteiger partial charge >= 0.3 is 5.97 Å². The van der Waals surface area contributed by atoms with Crippen molar-refractivity contribution in [3.05, 3.63) is 95.1 Å². The number of hydrogen-bond acceptors (Lipinski definition) is 4. The van der Waals surface area contributed by atoms with E-state index in [1.807, 2.05) is 60.7 Å². The number of carboxylic acids is 1. The van der Waals surface area contributed by atoms with Crippen LogP contribution in [0.4, 0.5) is 0 Å². The summed E-state index contributed by atoms with van der Waals surface area (Å²) < 4.78 is 24.4. The third-order valence-corrected chi connectivity index (χ3v) is 6.31. The summed E-state index contributed by atoms with van der Waals surface area (Å²) in [6, 6.07) is 21.7. The fraction of sp³-hybridized carbons (Fsp3) is 0.0952. The average molecular weight is 414 g/mol. The first kappa shape index (κ1) is 20.1. The third kappa shape index (κ3) is 5.01. The Labute approximate surface area is 168 Å². The van der Waals surface area contributed by atoms with Crippen molar-refractivity contribution in [3.63, 3.8) is 0 Å². The van der Waals surface area contributed by atoms with Crippen LogP contribution in [0.25, 0.3) is 0 Å². The van der Waals surface area contributed by atoms with Crippen molar-refractivity contribution in [3.8, 4) is 0 Å². The molecule has 0 radical (unpaired) electrons. The number of aromatic carboxylic acids is 1. The van der Waals surface area contributed by atoms with Gasteiger partial charge in [0.2, 0.25) is 10.0 Å². The Balaban J connectivity index is 2.10. The smallest absolute Gasteiger partial charge is 0.335 e. The number of primary sulfonamides is 1. The molecule has 0 fully saturated rings. The van der Waals surface area contributed by atoms with Gasteiger partial charge in [0.15, 0.2) is 0 Å². The topological polar surface area (TPSA) is 97.5 Å². The predicted octanol–water partition coefficient (Wildman–Crippen LogP) is 3.92. The van der Waals surface area contributed by atoms with Gasteiger partial charge in [0.1, 0.15) is 0 Å². The summed E-state index contributed by atoms with van der Waals surface area (Å²) in [5.74, 6) is -0.617. The van der Waals surface area contributed by atoms with Gasteiger partial charge in [-0.15, -0.1) is 11.8 Å². The lowest BCUT2D eigenvalue weighted by atomic mass is 10.0. The zero-order chi connectivity index (χ0) is 20.1. The molecule has 0 bridgehead atoms. The van der Waals surface area contributed by atoms with E-state index in [9.17, 15) is 18.3 Å². The van der Waals surface area contributed by atoms with Crippen LogP contribution >= 0.6 is 11.8 Å². The Bertz CT molecular complexity index is 1080. The molecule has 3 aromatic carbocycles. The SMILES string of the molecule is NS(=O)(=O)c1cc(C(=O)O)cc(SCc2ccccc2)c1Cc1ccccc1. The molecule has 0 heterocycles. The van der Waals surface area contributed by atoms with E-state index < -0.39 is 16.0 Å². The molecular formula is C21H19NO4S2. The van der Waals surface area contributed by atoms with Crippen LogP contribution in [0.15, 0.2) is 82.6 Å². The molecule has 5 nitrogen and oxygen atoms in total. The average Bonchev–Trinajstić information content (AvgIpc) is 2.67. The lowest BCUT2D eigenvalue weighted by molar-refractivity contribution is 0.0696. The highest BCUT2D eigenvalue weighted by Crippen LogP contribution is 2.33. The van der Waals surface area contributed by atoms with Crippen LogP contribution in [0.2, 0.25) is 0 Å². The van der Waals surface area contributed by atoms with Crippen molar-refractivity contribution in [2.24, 2.45) is 5.14 Å². The minimum Gasteiger partial charge on any atom is -0.478 e. The zero-order valence-corrected chi connectivity index (χ0v) is 16.5. The molecule has 0 aliphatic rings. The monoisotopic (exact) mass is 413 g/mol. The molecule has 0 aliphatic heterocycles. The summed E-state index contributed by atoms with van der Waals surface area (Å²) in [6.07, 6.45) is 0.337. The molecule has 0 unspecified atom stereocenters. The summed E-state index contributed by atoms with van der Waals surface area (Å²) in [5.41, 5.74) is 2.38. The fourth-order valence-electron chi connectivity index (χ4n) is 2.84. The molecule has 0 aromatic heterocycles. The number of carboxylic acid groups (broad SMARTS) is 1. The molecule has 0 saturated carbocycles. The van der Waals surface area contributed by atoms with E-state index in [2.05, 4.69) is 0 Å². The van der Waals surface area contributed by atoms with Gasteiger partial charge in [0.25, 0.3) is 0 Å². The van der Waals surface area contributed by atoms with E-state index in [1.54, 1.807) is 0 Å². The summed E-state index contributed by atoms with van der Waals surface area (Å²) in [4.78, 5) is 12.0. The molecule has 0 atom stereocenters. The Morgan fingerprint density at radius 2 is 1.50 bits per heavy atom. The summed E-state index contributed by atoms with van der Waals surface area (Å²) >= 11 is 1.40. The van der Waals surface area contributed by atoms with Crippen molar-refractivity contribution in [2.75, 3.05) is 0 Å². The summed E-state index contributed by atoms with van der Waals surface area (Å²) in [5, 5.41) is 14.8. The Hall–Kier alpha value is -2.61. The van der Waals surface area contributed by atoms with Crippen molar-refractivity contribution < 1.29 is 18.3 Å². The first-order valence-corrected chi connectivity index (χ1v) is 11.0. The molecule has 0 amide bonds. The Kier molecular flexibility index (Phi) is 6.18. The molecule has 7 heteroatoms. The standard InChI is InChI=1S/C21H19NO4S2/c22-28(25,26)20-13-17(21(23)24)12-19(27-14-16-9-5-2-6-10-16)18(20)11-15-7-3-1-4-8-15/h1-10,12-13H,11,14H2,(H,23,24)(H2,22,25,26). The largest absolute Gasteiger partial charge is 0.478 e. The Morgan fingerprint density at radius 1 is 0.929 bits per heavy atom. The molecule has 28 heavy (non-hydrogen) atoms. The van der Waals surface area contributed by atoms with Gasteiger partial charge < -0.3 is 5.11 Å². The first-order chi connectivity index (χ1) is 13.3. The lowest BCUT2D eigenvalue weighted by Crippen LogP contribution is -2.17. The quantitative estimate of drug-likeness (QED) is 0.572. The minimum absolute atomic E-state index is 0.101. The number of sulfonamides is 1. The van der Waals surface area contributed by atoms with Gasteiger partial charge in [-0.2, -0.15) is 0 Å². The Morgan fingerprint density at radius 3 is 2.04 bits per heavy atom. The number of rotatable bonds is 7. The van der Waals surface area contributed by atoms with Gasteiger partial charge in [-0.3, -0.25) is 0 Å². The number of benzene rings is 3. The maximum Gasteiger partial charge on any atom is 0.335 e. The van der Waals surface area contributed by atoms with Crippen LogP contribution in [-0.4, -0.2) is 19.5 Å².